The minimum Gasteiger partial charge on any atom is -0.497 e. The highest BCUT2D eigenvalue weighted by molar-refractivity contribution is 5.93. The minimum absolute atomic E-state index is 0.0233. The zero-order valence-electron chi connectivity index (χ0n) is 21.8. The van der Waals surface area contributed by atoms with Gasteiger partial charge in [-0.2, -0.15) is 9.97 Å². The van der Waals surface area contributed by atoms with Crippen LogP contribution in [0.3, 0.4) is 0 Å². The van der Waals surface area contributed by atoms with Gasteiger partial charge < -0.3 is 18.9 Å². The second-order valence-corrected chi connectivity index (χ2v) is 8.99. The van der Waals surface area contributed by atoms with E-state index in [0.29, 0.717) is 12.2 Å². The van der Waals surface area contributed by atoms with Gasteiger partial charge >= 0.3 is 12.0 Å². The van der Waals surface area contributed by atoms with Crippen LogP contribution in [0.25, 0.3) is 0 Å². The lowest BCUT2D eigenvalue weighted by atomic mass is 10.2. The molecular formula is C28H28N6O5. The van der Waals surface area contributed by atoms with E-state index in [0.717, 1.165) is 28.3 Å². The molecule has 11 heteroatoms. The summed E-state index contributed by atoms with van der Waals surface area (Å²) in [7, 11) is 3.22. The van der Waals surface area contributed by atoms with Gasteiger partial charge in [-0.25, -0.2) is 9.97 Å². The van der Waals surface area contributed by atoms with E-state index in [4.69, 9.17) is 18.9 Å². The van der Waals surface area contributed by atoms with E-state index in [1.54, 1.807) is 20.4 Å². The lowest BCUT2D eigenvalue weighted by Gasteiger charge is -2.11. The van der Waals surface area contributed by atoms with Crippen LogP contribution in [-0.4, -0.2) is 45.0 Å². The number of hydrogen-bond donors (Lipinski definition) is 1. The molecule has 0 aliphatic heterocycles. The molecule has 2 heterocycles. The van der Waals surface area contributed by atoms with Crippen LogP contribution in [0.4, 0.5) is 5.95 Å². The summed E-state index contributed by atoms with van der Waals surface area (Å²) in [6.07, 6.45) is 2.36. The molecule has 11 nitrogen and oxygen atoms in total. The van der Waals surface area contributed by atoms with Crippen LogP contribution in [0.5, 0.6) is 23.5 Å². The summed E-state index contributed by atoms with van der Waals surface area (Å²) in [5.41, 5.74) is 2.64. The monoisotopic (exact) mass is 528 g/mol. The van der Waals surface area contributed by atoms with Crippen LogP contribution < -0.4 is 24.3 Å². The summed E-state index contributed by atoms with van der Waals surface area (Å²) in [6, 6.07) is 16.7. The smallest absolute Gasteiger partial charge is 0.324 e. The average molecular weight is 529 g/mol. The molecule has 1 fully saturated rings. The van der Waals surface area contributed by atoms with Crippen molar-refractivity contribution in [2.45, 2.75) is 32.5 Å². The molecule has 4 aromatic rings. The van der Waals surface area contributed by atoms with Crippen LogP contribution in [0.2, 0.25) is 0 Å². The van der Waals surface area contributed by atoms with Gasteiger partial charge in [-0.3, -0.25) is 10.1 Å². The van der Waals surface area contributed by atoms with Crippen molar-refractivity contribution in [3.63, 3.8) is 0 Å². The highest BCUT2D eigenvalue weighted by Crippen LogP contribution is 2.46. The molecule has 2 aromatic heterocycles. The Bertz CT molecular complexity index is 1360. The van der Waals surface area contributed by atoms with E-state index in [9.17, 15) is 4.79 Å². The van der Waals surface area contributed by atoms with Gasteiger partial charge in [-0.05, 0) is 54.8 Å². The Kier molecular flexibility index (Phi) is 7.76. The van der Waals surface area contributed by atoms with Crippen LogP contribution in [0, 0.1) is 12.8 Å². The summed E-state index contributed by atoms with van der Waals surface area (Å²) in [4.78, 5) is 34.6. The number of carbonyl (C=O) groups excluding carboxylic acids is 1. The maximum atomic E-state index is 13.0. The number of aryl methyl sites for hydroxylation is 1. The van der Waals surface area contributed by atoms with Gasteiger partial charge in [-0.15, -0.1) is 4.98 Å². The SMILES string of the molecule is COc1ccc(COc2nc(NC(=O)C3CC3c3nccc(C)n3)nc(OCc3ccc(OC)cc3)n2)cc1. The zero-order valence-corrected chi connectivity index (χ0v) is 21.8. The molecule has 5 rings (SSSR count). The number of hydrogen-bond acceptors (Lipinski definition) is 10. The molecule has 0 radical (unpaired) electrons. The Labute approximate surface area is 225 Å². The number of nitrogens with one attached hydrogen (secondary N) is 1. The molecule has 0 spiro atoms. The first-order valence-corrected chi connectivity index (χ1v) is 12.4. The number of aromatic nitrogens is 5. The fraction of sp³-hybridized carbons (Fsp3) is 0.286. The van der Waals surface area contributed by atoms with Crippen LogP contribution in [0.1, 0.15) is 35.0 Å². The fourth-order valence-electron chi connectivity index (χ4n) is 3.88. The molecule has 2 unspecified atom stereocenters. The summed E-state index contributed by atoms with van der Waals surface area (Å²) in [6.45, 7) is 2.30. The van der Waals surface area contributed by atoms with E-state index < -0.39 is 0 Å². The first-order valence-electron chi connectivity index (χ1n) is 12.4. The van der Waals surface area contributed by atoms with E-state index in [2.05, 4.69) is 30.2 Å². The van der Waals surface area contributed by atoms with Crippen molar-refractivity contribution in [2.24, 2.45) is 5.92 Å². The van der Waals surface area contributed by atoms with Gasteiger partial charge in [0.15, 0.2) is 0 Å². The zero-order chi connectivity index (χ0) is 27.2. The predicted molar refractivity (Wildman–Crippen MR) is 141 cm³/mol. The number of carbonyl (C=O) groups is 1. The molecule has 0 saturated heterocycles. The first kappa shape index (κ1) is 25.8. The van der Waals surface area contributed by atoms with Crippen molar-refractivity contribution >= 4 is 11.9 Å². The second kappa shape index (κ2) is 11.7. The molecule has 1 aliphatic carbocycles. The maximum Gasteiger partial charge on any atom is 0.324 e. The van der Waals surface area contributed by atoms with Gasteiger partial charge in [-0.1, -0.05) is 24.3 Å². The molecule has 2 aromatic carbocycles. The van der Waals surface area contributed by atoms with Crippen LogP contribution in [0.15, 0.2) is 60.8 Å². The van der Waals surface area contributed by atoms with Gasteiger partial charge in [0, 0.05) is 23.7 Å². The molecule has 2 atom stereocenters. The number of nitrogens with zero attached hydrogens (tertiary/aromatic N) is 5. The summed E-state index contributed by atoms with van der Waals surface area (Å²) in [5.74, 6) is 1.66. The second-order valence-electron chi connectivity index (χ2n) is 8.99. The quantitative estimate of drug-likeness (QED) is 0.306. The summed E-state index contributed by atoms with van der Waals surface area (Å²) < 4.78 is 22.0. The van der Waals surface area contributed by atoms with Crippen molar-refractivity contribution in [1.29, 1.82) is 0 Å². The molecular weight excluding hydrogens is 500 g/mol. The third-order valence-corrected chi connectivity index (χ3v) is 6.16. The number of rotatable bonds is 11. The third-order valence-electron chi connectivity index (χ3n) is 6.16. The molecule has 1 N–H and O–H groups in total. The lowest BCUT2D eigenvalue weighted by molar-refractivity contribution is -0.117. The first-order chi connectivity index (χ1) is 19.0. The highest BCUT2D eigenvalue weighted by atomic mass is 16.5. The Morgan fingerprint density at radius 2 is 1.38 bits per heavy atom. The van der Waals surface area contributed by atoms with Gasteiger partial charge in [0.1, 0.15) is 30.5 Å². The van der Waals surface area contributed by atoms with Crippen molar-refractivity contribution in [3.8, 4) is 23.5 Å². The van der Waals surface area contributed by atoms with Crippen molar-refractivity contribution < 1.29 is 23.7 Å². The number of methoxy groups -OCH3 is 2. The Morgan fingerprint density at radius 3 is 1.90 bits per heavy atom. The molecule has 1 amide bonds. The summed E-state index contributed by atoms with van der Waals surface area (Å²) in [5, 5.41) is 2.78. The van der Waals surface area contributed by atoms with E-state index in [-0.39, 0.29) is 48.9 Å². The predicted octanol–water partition coefficient (Wildman–Crippen LogP) is 3.89. The maximum absolute atomic E-state index is 13.0. The Morgan fingerprint density at radius 1 is 0.821 bits per heavy atom. The summed E-state index contributed by atoms with van der Waals surface area (Å²) >= 11 is 0. The third kappa shape index (κ3) is 6.75. The number of amides is 1. The van der Waals surface area contributed by atoms with Gasteiger partial charge in [0.05, 0.1) is 14.2 Å². The van der Waals surface area contributed by atoms with E-state index in [1.807, 2.05) is 61.5 Å². The standard InChI is InChI=1S/C28H28N6O5/c1-17-12-13-29-24(30-17)22-14-23(22)25(35)31-26-32-27(38-15-18-4-8-20(36-2)9-5-18)34-28(33-26)39-16-19-6-10-21(37-3)11-7-19/h4-13,22-23H,14-16H2,1-3H3,(H,31,32,33,34,35). The van der Waals surface area contributed by atoms with Crippen LogP contribution in [-0.2, 0) is 18.0 Å². The van der Waals surface area contributed by atoms with Crippen LogP contribution >= 0.6 is 0 Å². The molecule has 39 heavy (non-hydrogen) atoms. The largest absolute Gasteiger partial charge is 0.497 e. The molecule has 0 bridgehead atoms. The molecule has 1 aliphatic rings. The Balaban J connectivity index is 1.29. The van der Waals surface area contributed by atoms with Crippen molar-refractivity contribution in [1.82, 2.24) is 24.9 Å². The Hall–Kier alpha value is -4.80. The number of anilines is 1. The van der Waals surface area contributed by atoms with Crippen molar-refractivity contribution in [3.05, 3.63) is 83.4 Å². The van der Waals surface area contributed by atoms with Gasteiger partial charge in [0.25, 0.3) is 0 Å². The number of benzene rings is 2. The topological polar surface area (TPSA) is 130 Å². The minimum atomic E-state index is -0.268. The van der Waals surface area contributed by atoms with E-state index >= 15 is 0 Å². The fourth-order valence-corrected chi connectivity index (χ4v) is 3.88. The average Bonchev–Trinajstić information content (AvgIpc) is 3.77. The molecule has 200 valence electrons. The normalized spacial score (nSPS) is 15.8. The highest BCUT2D eigenvalue weighted by Gasteiger charge is 2.46. The molecule has 1 saturated carbocycles. The van der Waals surface area contributed by atoms with Crippen molar-refractivity contribution in [2.75, 3.05) is 19.5 Å². The lowest BCUT2D eigenvalue weighted by Crippen LogP contribution is -2.18. The van der Waals surface area contributed by atoms with Gasteiger partial charge in [0.2, 0.25) is 11.9 Å². The van der Waals surface area contributed by atoms with E-state index in [1.165, 1.54) is 0 Å². The number of ether oxygens (including phenoxy) is 4.